The zero-order chi connectivity index (χ0) is 4.28. The molecule has 0 aliphatic rings. The Balaban J connectivity index is -0.0000000800. The van der Waals surface area contributed by atoms with Gasteiger partial charge in [-0.2, -0.15) is 0 Å². The Hall–Kier alpha value is 1.76. The van der Waals surface area contributed by atoms with Crippen molar-refractivity contribution in [2.45, 2.75) is 17.5 Å². The summed E-state index contributed by atoms with van der Waals surface area (Å²) >= 11 is 0.980. The third-order valence-electron chi connectivity index (χ3n) is 0.418. The molecule has 6 heavy (non-hydrogen) atoms. The van der Waals surface area contributed by atoms with E-state index in [-0.39, 0.29) is 35.1 Å². The van der Waals surface area contributed by atoms with Gasteiger partial charge in [-0.25, -0.2) is 0 Å². The summed E-state index contributed by atoms with van der Waals surface area (Å²) in [6.45, 7) is 1.98. The minimum Gasteiger partial charge on any atom is -1.00 e. The average Bonchev–Trinajstić information content (AvgIpc) is 1.38. The van der Waals surface area contributed by atoms with Gasteiger partial charge in [0.15, 0.2) is 0 Å². The molecule has 0 fully saturated rings. The summed E-state index contributed by atoms with van der Waals surface area (Å²) in [6, 6.07) is 0. The molecule has 0 aromatic carbocycles. The monoisotopic (exact) mass is 204 g/mol. The van der Waals surface area contributed by atoms with Crippen molar-refractivity contribution in [1.29, 1.82) is 0 Å². The second-order valence-electron chi connectivity index (χ2n) is 0.976. The summed E-state index contributed by atoms with van der Waals surface area (Å²) in [5.74, 6) is 0. The summed E-state index contributed by atoms with van der Waals surface area (Å²) < 4.78 is 0.0143. The first-order valence-corrected chi connectivity index (χ1v) is 3.61. The van der Waals surface area contributed by atoms with E-state index in [0.717, 1.165) is 28.9 Å². The second-order valence-corrected chi connectivity index (χ2v) is 3.17. The van der Waals surface area contributed by atoms with E-state index in [0.29, 0.717) is 0 Å². The standard InChI is InChI=1S/C3H7O.Na.Sn.2H/c1-2-3-4;;;;/h3-4H,2H2,1H3;;;;/q;+1;;;-1. The van der Waals surface area contributed by atoms with Crippen LogP contribution in [0.1, 0.15) is 14.8 Å². The molecular weight excluding hydrogens is 194 g/mol. The largest absolute Gasteiger partial charge is 1.00 e. The number of rotatable bonds is 1. The van der Waals surface area contributed by atoms with Crippen LogP contribution in [0, 0.1) is 0 Å². The van der Waals surface area contributed by atoms with E-state index in [2.05, 4.69) is 0 Å². The van der Waals surface area contributed by atoms with Crippen molar-refractivity contribution in [2.24, 2.45) is 0 Å². The molecule has 1 atom stereocenters. The minimum atomic E-state index is 0. The molecule has 0 saturated heterocycles. The van der Waals surface area contributed by atoms with Gasteiger partial charge in [0, 0.05) is 0 Å². The number of hydrogen-bond donors (Lipinski definition) is 1. The van der Waals surface area contributed by atoms with Gasteiger partial charge in [-0.1, -0.05) is 0 Å². The Labute approximate surface area is 75.4 Å². The normalized spacial score (nSPS) is 12.5. The van der Waals surface area contributed by atoms with Crippen molar-refractivity contribution >= 4 is 22.5 Å². The van der Waals surface area contributed by atoms with Crippen molar-refractivity contribution in [2.75, 3.05) is 0 Å². The Morgan fingerprint density at radius 2 is 2.17 bits per heavy atom. The molecule has 1 N–H and O–H groups in total. The van der Waals surface area contributed by atoms with Gasteiger partial charge in [-0.3, -0.25) is 0 Å². The molecule has 1 unspecified atom stereocenters. The molecule has 0 heterocycles. The third-order valence-corrected chi connectivity index (χ3v) is 1.76. The maximum atomic E-state index is 8.42. The Morgan fingerprint density at radius 1 is 2.00 bits per heavy atom. The SMILES string of the molecule is CC[CH](O)[SnH].[H-].[Na+]. The van der Waals surface area contributed by atoms with Crippen molar-refractivity contribution in [3.63, 3.8) is 0 Å². The van der Waals surface area contributed by atoms with Crippen LogP contribution in [0.15, 0.2) is 0 Å². The number of aliphatic hydroxyl groups is 1. The molecule has 0 aromatic heterocycles. The van der Waals surface area contributed by atoms with Crippen LogP contribution < -0.4 is 29.6 Å². The van der Waals surface area contributed by atoms with Crippen molar-refractivity contribution in [3.8, 4) is 0 Å². The van der Waals surface area contributed by atoms with Gasteiger partial charge in [0.1, 0.15) is 0 Å². The first kappa shape index (κ1) is 10.7. The van der Waals surface area contributed by atoms with Crippen LogP contribution in [-0.4, -0.2) is 31.8 Å². The van der Waals surface area contributed by atoms with E-state index in [4.69, 9.17) is 5.11 Å². The molecule has 0 bridgehead atoms. The van der Waals surface area contributed by atoms with Crippen LogP contribution in [0.4, 0.5) is 0 Å². The summed E-state index contributed by atoms with van der Waals surface area (Å²) in [6.07, 6.45) is 0.919. The molecule has 1 nitrogen and oxygen atoms in total. The molecule has 0 aromatic rings. The predicted molar refractivity (Wildman–Crippen MR) is 24.6 cm³/mol. The van der Waals surface area contributed by atoms with Gasteiger partial charge >= 0.3 is 74.7 Å². The van der Waals surface area contributed by atoms with Crippen molar-refractivity contribution < 1.29 is 36.1 Å². The Bertz CT molecular complexity index is 28.9. The summed E-state index contributed by atoms with van der Waals surface area (Å²) in [5, 5.41) is 8.42. The number of hydrogen-bond acceptors (Lipinski definition) is 1. The maximum absolute atomic E-state index is 8.42. The van der Waals surface area contributed by atoms with Gasteiger partial charge in [-0.05, 0) is 0 Å². The van der Waals surface area contributed by atoms with Crippen LogP contribution in [0.5, 0.6) is 0 Å². The van der Waals surface area contributed by atoms with Crippen LogP contribution in [-0.2, 0) is 0 Å². The molecule has 0 rings (SSSR count). The topological polar surface area (TPSA) is 20.2 Å². The van der Waals surface area contributed by atoms with Gasteiger partial charge in [0.2, 0.25) is 0 Å². The van der Waals surface area contributed by atoms with E-state index >= 15 is 0 Å². The molecule has 0 spiro atoms. The first-order valence-electron chi connectivity index (χ1n) is 1.71. The van der Waals surface area contributed by atoms with E-state index < -0.39 is 0 Å². The van der Waals surface area contributed by atoms with E-state index in [1.54, 1.807) is 0 Å². The van der Waals surface area contributed by atoms with Gasteiger partial charge < -0.3 is 1.43 Å². The zero-order valence-electron chi connectivity index (χ0n) is 5.31. The van der Waals surface area contributed by atoms with Crippen LogP contribution in [0.25, 0.3) is 0 Å². The molecule has 0 saturated carbocycles. The van der Waals surface area contributed by atoms with Crippen LogP contribution >= 0.6 is 0 Å². The smallest absolute Gasteiger partial charge is 1.00 e. The van der Waals surface area contributed by atoms with Crippen molar-refractivity contribution in [3.05, 3.63) is 0 Å². The molecule has 32 valence electrons. The molecule has 0 aliphatic carbocycles. The Kier molecular flexibility index (Phi) is 12.0. The Morgan fingerprint density at radius 3 is 2.17 bits per heavy atom. The summed E-state index contributed by atoms with van der Waals surface area (Å²) in [5.41, 5.74) is 0. The average molecular weight is 203 g/mol. The quantitative estimate of drug-likeness (QED) is 0.443. The van der Waals surface area contributed by atoms with E-state index in [9.17, 15) is 0 Å². The molecule has 2 radical (unpaired) electrons. The minimum absolute atomic E-state index is 0. The van der Waals surface area contributed by atoms with E-state index in [1.165, 1.54) is 0 Å². The summed E-state index contributed by atoms with van der Waals surface area (Å²) in [4.78, 5) is 0. The van der Waals surface area contributed by atoms with Gasteiger partial charge in [0.05, 0.1) is 0 Å². The molecule has 0 aliphatic heterocycles. The summed E-state index contributed by atoms with van der Waals surface area (Å²) in [7, 11) is 0. The number of aliphatic hydroxyl groups excluding tert-OH is 1. The fourth-order valence-corrected chi connectivity index (χ4v) is 0. The van der Waals surface area contributed by atoms with Crippen molar-refractivity contribution in [1.82, 2.24) is 0 Å². The maximum Gasteiger partial charge on any atom is 1.00 e. The fourth-order valence-electron chi connectivity index (χ4n) is 0. The third kappa shape index (κ3) is 9.23. The van der Waals surface area contributed by atoms with Crippen LogP contribution in [0.2, 0.25) is 0 Å². The molecule has 3 heteroatoms. The first-order chi connectivity index (χ1) is 2.27. The van der Waals surface area contributed by atoms with Crippen LogP contribution in [0.3, 0.4) is 0 Å². The predicted octanol–water partition coefficient (Wildman–Crippen LogP) is -3.27. The van der Waals surface area contributed by atoms with Gasteiger partial charge in [0.25, 0.3) is 0 Å². The van der Waals surface area contributed by atoms with E-state index in [1.807, 2.05) is 6.92 Å². The molecular formula is C3H9NaOSn. The molecule has 0 amide bonds. The fraction of sp³-hybridized carbons (Fsp3) is 1.00. The zero-order valence-corrected chi connectivity index (χ0v) is 9.60. The second kappa shape index (κ2) is 6.76. The van der Waals surface area contributed by atoms with Gasteiger partial charge in [-0.15, -0.1) is 0 Å².